The molecule has 0 saturated heterocycles. The molecule has 3 aromatic heterocycles. The Morgan fingerprint density at radius 3 is 2.82 bits per heavy atom. The van der Waals surface area contributed by atoms with Crippen LogP contribution >= 0.6 is 15.9 Å². The van der Waals surface area contributed by atoms with Crippen LogP contribution in [0.3, 0.4) is 0 Å². The lowest BCUT2D eigenvalue weighted by molar-refractivity contribution is 1.15. The standard InChI is InChI=1S/C13H10BrN3/c1-9-6-10(14)7-17-8-12(16-13(9)17)11-4-2-3-5-15-11/h2-8H,1H3. The average Bonchev–Trinajstić information content (AvgIpc) is 2.74. The van der Waals surface area contributed by atoms with Crippen LogP contribution in [0, 0.1) is 6.92 Å². The number of pyridine rings is 2. The van der Waals surface area contributed by atoms with Gasteiger partial charge in [-0.15, -0.1) is 0 Å². The van der Waals surface area contributed by atoms with Gasteiger partial charge in [0.25, 0.3) is 0 Å². The molecule has 0 unspecified atom stereocenters. The Morgan fingerprint density at radius 2 is 2.06 bits per heavy atom. The van der Waals surface area contributed by atoms with Crippen LogP contribution in [0.25, 0.3) is 17.0 Å². The summed E-state index contributed by atoms with van der Waals surface area (Å²) < 4.78 is 3.07. The van der Waals surface area contributed by atoms with Gasteiger partial charge in [-0.05, 0) is 46.6 Å². The van der Waals surface area contributed by atoms with Crippen LogP contribution in [0.15, 0.2) is 47.3 Å². The largest absolute Gasteiger partial charge is 0.305 e. The summed E-state index contributed by atoms with van der Waals surface area (Å²) >= 11 is 3.48. The fourth-order valence-corrected chi connectivity index (χ4v) is 2.43. The Bertz CT molecular complexity index is 674. The van der Waals surface area contributed by atoms with E-state index < -0.39 is 0 Å². The van der Waals surface area contributed by atoms with Crippen molar-refractivity contribution in [3.63, 3.8) is 0 Å². The molecule has 0 amide bonds. The fraction of sp³-hybridized carbons (Fsp3) is 0.0769. The molecule has 3 heterocycles. The Morgan fingerprint density at radius 1 is 1.18 bits per heavy atom. The van der Waals surface area contributed by atoms with Crippen molar-refractivity contribution in [1.82, 2.24) is 14.4 Å². The molecule has 3 rings (SSSR count). The third-order valence-electron chi connectivity index (χ3n) is 2.63. The lowest BCUT2D eigenvalue weighted by Crippen LogP contribution is -1.86. The minimum absolute atomic E-state index is 0.895. The minimum Gasteiger partial charge on any atom is -0.305 e. The highest BCUT2D eigenvalue weighted by atomic mass is 79.9. The highest BCUT2D eigenvalue weighted by molar-refractivity contribution is 9.10. The van der Waals surface area contributed by atoms with Gasteiger partial charge in [-0.2, -0.15) is 0 Å². The molecule has 0 saturated carbocycles. The average molecular weight is 288 g/mol. The first-order valence-corrected chi connectivity index (χ1v) is 6.09. The topological polar surface area (TPSA) is 30.2 Å². The SMILES string of the molecule is Cc1cc(Br)cn2cc(-c3ccccn3)nc12. The number of rotatable bonds is 1. The van der Waals surface area contributed by atoms with Crippen LogP contribution in [0.1, 0.15) is 5.56 Å². The van der Waals surface area contributed by atoms with Crippen LogP contribution < -0.4 is 0 Å². The Balaban J connectivity index is 2.24. The summed E-state index contributed by atoms with van der Waals surface area (Å²) in [6, 6.07) is 7.90. The summed E-state index contributed by atoms with van der Waals surface area (Å²) in [4.78, 5) is 8.91. The summed E-state index contributed by atoms with van der Waals surface area (Å²) in [5.41, 5.74) is 3.90. The molecule has 0 aromatic carbocycles. The maximum Gasteiger partial charge on any atom is 0.140 e. The lowest BCUT2D eigenvalue weighted by Gasteiger charge is -1.97. The number of halogens is 1. The van der Waals surface area contributed by atoms with E-state index in [0.29, 0.717) is 0 Å². The lowest BCUT2D eigenvalue weighted by atomic mass is 10.3. The predicted octanol–water partition coefficient (Wildman–Crippen LogP) is 3.47. The van der Waals surface area contributed by atoms with E-state index in [2.05, 4.69) is 38.9 Å². The van der Waals surface area contributed by atoms with E-state index in [0.717, 1.165) is 27.1 Å². The summed E-state index contributed by atoms with van der Waals surface area (Å²) in [5.74, 6) is 0. The molecule has 0 aliphatic carbocycles. The van der Waals surface area contributed by atoms with Crippen molar-refractivity contribution < 1.29 is 0 Å². The van der Waals surface area contributed by atoms with E-state index in [9.17, 15) is 0 Å². The van der Waals surface area contributed by atoms with Crippen molar-refractivity contribution in [3.8, 4) is 11.4 Å². The molecule has 0 spiro atoms. The van der Waals surface area contributed by atoms with E-state index in [1.165, 1.54) is 0 Å². The van der Waals surface area contributed by atoms with Gasteiger partial charge in [-0.3, -0.25) is 4.98 Å². The van der Waals surface area contributed by atoms with Crippen LogP contribution in [0.5, 0.6) is 0 Å². The summed E-state index contributed by atoms with van der Waals surface area (Å²) in [6.07, 6.45) is 5.78. The van der Waals surface area contributed by atoms with Gasteiger partial charge in [0.15, 0.2) is 0 Å². The Kier molecular flexibility index (Phi) is 2.44. The second-order valence-corrected chi connectivity index (χ2v) is 4.83. The first kappa shape index (κ1) is 10.5. The molecule has 0 radical (unpaired) electrons. The minimum atomic E-state index is 0.895. The van der Waals surface area contributed by atoms with Crippen molar-refractivity contribution >= 4 is 21.6 Å². The zero-order valence-corrected chi connectivity index (χ0v) is 10.8. The van der Waals surface area contributed by atoms with Gasteiger partial charge in [0, 0.05) is 23.1 Å². The second kappa shape index (κ2) is 3.96. The van der Waals surface area contributed by atoms with Crippen LogP contribution in [0.2, 0.25) is 0 Å². The molecule has 84 valence electrons. The Labute approximate surface area is 107 Å². The molecule has 0 aliphatic rings. The maximum atomic E-state index is 4.60. The number of hydrogen-bond donors (Lipinski definition) is 0. The van der Waals surface area contributed by atoms with Crippen molar-refractivity contribution in [3.05, 3.63) is 52.9 Å². The molecule has 0 N–H and O–H groups in total. The number of imidazole rings is 1. The van der Waals surface area contributed by atoms with Gasteiger partial charge in [-0.25, -0.2) is 4.98 Å². The number of hydrogen-bond acceptors (Lipinski definition) is 2. The number of aryl methyl sites for hydroxylation is 1. The summed E-state index contributed by atoms with van der Waals surface area (Å²) in [7, 11) is 0. The quantitative estimate of drug-likeness (QED) is 0.686. The van der Waals surface area contributed by atoms with E-state index >= 15 is 0 Å². The molecule has 0 atom stereocenters. The normalized spacial score (nSPS) is 10.9. The molecule has 3 aromatic rings. The third kappa shape index (κ3) is 1.85. The van der Waals surface area contributed by atoms with Crippen LogP contribution in [-0.2, 0) is 0 Å². The van der Waals surface area contributed by atoms with Crippen molar-refractivity contribution in [2.24, 2.45) is 0 Å². The maximum absolute atomic E-state index is 4.60. The molecule has 0 fully saturated rings. The van der Waals surface area contributed by atoms with Gasteiger partial charge in [-0.1, -0.05) is 6.07 Å². The van der Waals surface area contributed by atoms with E-state index in [1.807, 2.05) is 35.0 Å². The third-order valence-corrected chi connectivity index (χ3v) is 3.06. The van der Waals surface area contributed by atoms with Gasteiger partial charge in [0.1, 0.15) is 11.3 Å². The molecule has 3 nitrogen and oxygen atoms in total. The molecular formula is C13H10BrN3. The molecule has 17 heavy (non-hydrogen) atoms. The monoisotopic (exact) mass is 287 g/mol. The smallest absolute Gasteiger partial charge is 0.140 e. The summed E-state index contributed by atoms with van der Waals surface area (Å²) in [5, 5.41) is 0. The van der Waals surface area contributed by atoms with Gasteiger partial charge in [0.05, 0.1) is 5.69 Å². The fourth-order valence-electron chi connectivity index (χ4n) is 1.86. The van der Waals surface area contributed by atoms with Crippen molar-refractivity contribution in [2.75, 3.05) is 0 Å². The predicted molar refractivity (Wildman–Crippen MR) is 70.9 cm³/mol. The van der Waals surface area contributed by atoms with Crippen molar-refractivity contribution in [1.29, 1.82) is 0 Å². The van der Waals surface area contributed by atoms with Crippen molar-refractivity contribution in [2.45, 2.75) is 6.92 Å². The van der Waals surface area contributed by atoms with Gasteiger partial charge < -0.3 is 4.40 Å². The molecule has 0 aliphatic heterocycles. The van der Waals surface area contributed by atoms with Gasteiger partial charge >= 0.3 is 0 Å². The highest BCUT2D eigenvalue weighted by Gasteiger charge is 2.07. The first-order chi connectivity index (χ1) is 8.24. The van der Waals surface area contributed by atoms with Gasteiger partial charge in [0.2, 0.25) is 0 Å². The summed E-state index contributed by atoms with van der Waals surface area (Å²) in [6.45, 7) is 2.05. The zero-order valence-electron chi connectivity index (χ0n) is 9.26. The zero-order chi connectivity index (χ0) is 11.8. The highest BCUT2D eigenvalue weighted by Crippen LogP contribution is 2.21. The van der Waals surface area contributed by atoms with E-state index in [1.54, 1.807) is 6.20 Å². The van der Waals surface area contributed by atoms with Crippen LogP contribution in [0.4, 0.5) is 0 Å². The van der Waals surface area contributed by atoms with E-state index in [-0.39, 0.29) is 0 Å². The first-order valence-electron chi connectivity index (χ1n) is 5.30. The molecular weight excluding hydrogens is 278 g/mol. The second-order valence-electron chi connectivity index (χ2n) is 3.91. The Hall–Kier alpha value is -1.68. The van der Waals surface area contributed by atoms with E-state index in [4.69, 9.17) is 0 Å². The molecule has 0 bridgehead atoms. The number of nitrogens with zero attached hydrogens (tertiary/aromatic N) is 3. The number of fused-ring (bicyclic) bond motifs is 1. The molecule has 4 heteroatoms. The number of aromatic nitrogens is 3. The van der Waals surface area contributed by atoms with Crippen LogP contribution in [-0.4, -0.2) is 14.4 Å².